The molecule has 0 radical (unpaired) electrons. The summed E-state index contributed by atoms with van der Waals surface area (Å²) in [6, 6.07) is 3.45. The highest BCUT2D eigenvalue weighted by atomic mass is 16.3. The second-order valence-corrected chi connectivity index (χ2v) is 6.96. The molecule has 1 aromatic rings. The maximum atomic E-state index is 12.2. The van der Waals surface area contributed by atoms with Gasteiger partial charge in [-0.1, -0.05) is 58.3 Å². The van der Waals surface area contributed by atoms with Crippen LogP contribution >= 0.6 is 0 Å². The average molecular weight is 365 g/mol. The van der Waals surface area contributed by atoms with Gasteiger partial charge in [0.1, 0.15) is 0 Å². The number of carbonyl (C=O) groups is 1. The van der Waals surface area contributed by atoms with E-state index in [0.29, 0.717) is 18.7 Å². The Labute approximate surface area is 158 Å². The number of hydrogen-bond acceptors (Lipinski definition) is 5. The molecule has 1 rings (SSSR count). The van der Waals surface area contributed by atoms with Crippen LogP contribution in [0, 0.1) is 0 Å². The van der Waals surface area contributed by atoms with E-state index in [-0.39, 0.29) is 12.5 Å². The van der Waals surface area contributed by atoms with Crippen LogP contribution in [0.15, 0.2) is 24.5 Å². The first-order chi connectivity index (χ1) is 12.6. The molecule has 6 nitrogen and oxygen atoms in total. The molecule has 0 saturated carbocycles. The minimum absolute atomic E-state index is 0.0208. The molecule has 0 aliphatic heterocycles. The number of pyridine rings is 1. The van der Waals surface area contributed by atoms with E-state index in [1.54, 1.807) is 18.3 Å². The lowest BCUT2D eigenvalue weighted by Gasteiger charge is -2.31. The Morgan fingerprint density at radius 1 is 1.19 bits per heavy atom. The summed E-state index contributed by atoms with van der Waals surface area (Å²) in [6.07, 6.45) is 13.8. The third-order valence-corrected chi connectivity index (χ3v) is 4.55. The van der Waals surface area contributed by atoms with Crippen LogP contribution in [-0.4, -0.2) is 41.4 Å². The van der Waals surface area contributed by atoms with Gasteiger partial charge in [-0.25, -0.2) is 0 Å². The fraction of sp³-hybridized carbons (Fsp3) is 0.700. The van der Waals surface area contributed by atoms with Crippen LogP contribution in [0.25, 0.3) is 0 Å². The van der Waals surface area contributed by atoms with E-state index in [0.717, 1.165) is 19.3 Å². The Morgan fingerprint density at radius 3 is 2.50 bits per heavy atom. The van der Waals surface area contributed by atoms with Gasteiger partial charge in [-0.15, -0.1) is 0 Å². The van der Waals surface area contributed by atoms with Gasteiger partial charge in [-0.2, -0.15) is 0 Å². The van der Waals surface area contributed by atoms with Crippen LogP contribution in [0.2, 0.25) is 0 Å². The monoisotopic (exact) mass is 364 g/mol. The van der Waals surface area contributed by atoms with Crippen LogP contribution in [0.4, 0.5) is 0 Å². The number of rotatable bonds is 15. The molecule has 148 valence electrons. The van der Waals surface area contributed by atoms with Crippen molar-refractivity contribution in [3.63, 3.8) is 0 Å². The van der Waals surface area contributed by atoms with Crippen molar-refractivity contribution in [2.75, 3.05) is 19.7 Å². The molecule has 0 aliphatic rings. The van der Waals surface area contributed by atoms with E-state index >= 15 is 0 Å². The number of carbonyl (C=O) groups excluding carboxylic acids is 1. The first-order valence-electron chi connectivity index (χ1n) is 9.94. The number of aliphatic hydroxyl groups excluding tert-OH is 1. The lowest BCUT2D eigenvalue weighted by molar-refractivity contribution is 0.0935. The maximum absolute atomic E-state index is 12.2. The van der Waals surface area contributed by atoms with E-state index in [4.69, 9.17) is 10.8 Å². The highest BCUT2D eigenvalue weighted by molar-refractivity contribution is 5.93. The summed E-state index contributed by atoms with van der Waals surface area (Å²) in [7, 11) is 0. The summed E-state index contributed by atoms with van der Waals surface area (Å²) in [4.78, 5) is 16.1. The number of aromatic nitrogens is 1. The summed E-state index contributed by atoms with van der Waals surface area (Å²) < 4.78 is 0. The van der Waals surface area contributed by atoms with Crippen LogP contribution in [-0.2, 0) is 0 Å². The van der Waals surface area contributed by atoms with Gasteiger partial charge in [0.15, 0.2) is 0 Å². The zero-order valence-corrected chi connectivity index (χ0v) is 16.2. The number of nitrogens with zero attached hydrogens (tertiary/aromatic N) is 1. The predicted octanol–water partition coefficient (Wildman–Crippen LogP) is 2.58. The molecule has 0 aromatic carbocycles. The average Bonchev–Trinajstić information content (AvgIpc) is 2.67. The van der Waals surface area contributed by atoms with Crippen molar-refractivity contribution in [3.05, 3.63) is 30.1 Å². The quantitative estimate of drug-likeness (QED) is 0.283. The normalized spacial score (nSPS) is 13.3. The molecular weight excluding hydrogens is 328 g/mol. The van der Waals surface area contributed by atoms with Crippen molar-refractivity contribution in [3.8, 4) is 0 Å². The fourth-order valence-electron chi connectivity index (χ4n) is 2.96. The second kappa shape index (κ2) is 13.7. The van der Waals surface area contributed by atoms with Crippen molar-refractivity contribution in [2.24, 2.45) is 5.73 Å². The van der Waals surface area contributed by atoms with Crippen molar-refractivity contribution < 1.29 is 9.90 Å². The number of unbranched alkanes of at least 4 members (excludes halogenated alkanes) is 7. The topological polar surface area (TPSA) is 100 Å². The summed E-state index contributed by atoms with van der Waals surface area (Å²) >= 11 is 0. The Kier molecular flexibility index (Phi) is 11.9. The molecule has 1 amide bonds. The largest absolute Gasteiger partial charge is 0.395 e. The van der Waals surface area contributed by atoms with E-state index in [2.05, 4.69) is 22.5 Å². The maximum Gasteiger partial charge on any atom is 0.252 e. The van der Waals surface area contributed by atoms with Gasteiger partial charge >= 0.3 is 0 Å². The fourth-order valence-corrected chi connectivity index (χ4v) is 2.96. The highest BCUT2D eigenvalue weighted by Crippen LogP contribution is 2.13. The first-order valence-corrected chi connectivity index (χ1v) is 9.94. The number of aliphatic hydroxyl groups is 1. The molecule has 1 aromatic heterocycles. The number of nitrogens with two attached hydrogens (primary N) is 1. The molecule has 26 heavy (non-hydrogen) atoms. The summed E-state index contributed by atoms with van der Waals surface area (Å²) in [6.45, 7) is 2.98. The SMILES string of the molecule is CCCCCCCCCCC(N)(CNC(=O)c1cccnc1)NCCO. The molecule has 0 saturated heterocycles. The zero-order chi connectivity index (χ0) is 19.1. The number of hydrogen-bond donors (Lipinski definition) is 4. The van der Waals surface area contributed by atoms with E-state index in [9.17, 15) is 4.79 Å². The lowest BCUT2D eigenvalue weighted by atomic mass is 10.00. The van der Waals surface area contributed by atoms with Gasteiger partial charge in [-0.3, -0.25) is 15.1 Å². The Bertz CT molecular complexity index is 484. The minimum Gasteiger partial charge on any atom is -0.395 e. The molecule has 5 N–H and O–H groups in total. The van der Waals surface area contributed by atoms with Gasteiger partial charge in [0.2, 0.25) is 0 Å². The number of amides is 1. The highest BCUT2D eigenvalue weighted by Gasteiger charge is 2.24. The Hall–Kier alpha value is -1.50. The minimum atomic E-state index is -0.706. The van der Waals surface area contributed by atoms with Gasteiger partial charge in [0.05, 0.1) is 17.8 Å². The summed E-state index contributed by atoms with van der Waals surface area (Å²) in [5.74, 6) is -0.186. The lowest BCUT2D eigenvalue weighted by Crippen LogP contribution is -2.61. The van der Waals surface area contributed by atoms with Gasteiger partial charge in [0, 0.05) is 25.5 Å². The smallest absolute Gasteiger partial charge is 0.252 e. The van der Waals surface area contributed by atoms with Crippen LogP contribution < -0.4 is 16.4 Å². The molecule has 0 spiro atoms. The Morgan fingerprint density at radius 2 is 1.88 bits per heavy atom. The van der Waals surface area contributed by atoms with Crippen LogP contribution in [0.3, 0.4) is 0 Å². The molecule has 6 heteroatoms. The van der Waals surface area contributed by atoms with Gasteiger partial charge < -0.3 is 16.2 Å². The molecular formula is C20H36N4O2. The third-order valence-electron chi connectivity index (χ3n) is 4.55. The molecule has 0 fully saturated rings. The molecule has 1 atom stereocenters. The van der Waals surface area contributed by atoms with Crippen LogP contribution in [0.1, 0.15) is 75.1 Å². The van der Waals surface area contributed by atoms with Crippen LogP contribution in [0.5, 0.6) is 0 Å². The van der Waals surface area contributed by atoms with E-state index in [1.165, 1.54) is 44.7 Å². The summed E-state index contributed by atoms with van der Waals surface area (Å²) in [5.41, 5.74) is 6.25. The predicted molar refractivity (Wildman–Crippen MR) is 106 cm³/mol. The molecule has 1 unspecified atom stereocenters. The standard InChI is InChI=1S/C20H36N4O2/c1-2-3-4-5-6-7-8-9-12-20(21,24-14-15-25)17-23-19(26)18-11-10-13-22-16-18/h10-11,13,16,24-25H,2-9,12,14-15,17,21H2,1H3,(H,23,26). The van der Waals surface area contributed by atoms with E-state index in [1.807, 2.05) is 0 Å². The number of nitrogens with one attached hydrogen (secondary N) is 2. The third kappa shape index (κ3) is 9.85. The molecule has 0 aliphatic carbocycles. The molecule has 0 bridgehead atoms. The van der Waals surface area contributed by atoms with Crippen molar-refractivity contribution in [2.45, 2.75) is 70.4 Å². The van der Waals surface area contributed by atoms with Crippen molar-refractivity contribution in [1.82, 2.24) is 15.6 Å². The first kappa shape index (κ1) is 22.5. The molecule has 1 heterocycles. The Balaban J connectivity index is 2.34. The van der Waals surface area contributed by atoms with Crippen molar-refractivity contribution in [1.29, 1.82) is 0 Å². The van der Waals surface area contributed by atoms with Gasteiger partial charge in [-0.05, 0) is 18.6 Å². The summed E-state index contributed by atoms with van der Waals surface area (Å²) in [5, 5.41) is 15.1. The van der Waals surface area contributed by atoms with E-state index < -0.39 is 5.66 Å². The van der Waals surface area contributed by atoms with Crippen molar-refractivity contribution >= 4 is 5.91 Å². The second-order valence-electron chi connectivity index (χ2n) is 6.96. The zero-order valence-electron chi connectivity index (χ0n) is 16.2. The van der Waals surface area contributed by atoms with Gasteiger partial charge in [0.25, 0.3) is 5.91 Å².